The molecule has 4 aromatic rings. The number of nitrogens with two attached hydrogens (primary N) is 3. The number of methoxy groups -OCH3 is 2. The first-order valence-electron chi connectivity index (χ1n) is 20.2. The Labute approximate surface area is 401 Å². The summed E-state index contributed by atoms with van der Waals surface area (Å²) in [5, 5.41) is 42.4. The van der Waals surface area contributed by atoms with Gasteiger partial charge in [-0.15, -0.1) is 0 Å². The lowest BCUT2D eigenvalue weighted by Gasteiger charge is -2.22. The summed E-state index contributed by atoms with van der Waals surface area (Å²) in [5.41, 5.74) is 16.3. The first-order chi connectivity index (χ1) is 32.4. The van der Waals surface area contributed by atoms with Gasteiger partial charge in [-0.2, -0.15) is 19.9 Å². The second-order valence-electron chi connectivity index (χ2n) is 13.3. The highest BCUT2D eigenvalue weighted by molar-refractivity contribution is 7.90. The largest absolute Gasteiger partial charge is 0.497 e. The first kappa shape index (κ1) is 64.6. The molecule has 0 aliphatic carbocycles. The van der Waals surface area contributed by atoms with Crippen LogP contribution in [0.4, 0.5) is 64.0 Å². The number of hydrogen-bond donors (Lipinski definition) is 6. The zero-order valence-electron chi connectivity index (χ0n) is 38.3. The van der Waals surface area contributed by atoms with Gasteiger partial charge in [0.25, 0.3) is 5.16 Å². The smallest absolute Gasteiger partial charge is 0.415 e. The average Bonchev–Trinajstić information content (AvgIpc) is 3.31. The molecule has 2 aromatic heterocycles. The molecular formula is C40H61F3N12O14S. The minimum absolute atomic E-state index is 0. The lowest BCUT2D eigenvalue weighted by Crippen LogP contribution is -2.33. The Hall–Kier alpha value is -7.44. The number of anilines is 5. The highest BCUT2D eigenvalue weighted by Crippen LogP contribution is 2.35. The molecule has 30 heteroatoms. The van der Waals surface area contributed by atoms with Gasteiger partial charge in [-0.05, 0) is 81.5 Å². The number of nitrogens with one attached hydrogen (secondary N) is 1. The van der Waals surface area contributed by atoms with Crippen molar-refractivity contribution in [2.24, 2.45) is 5.73 Å². The molecule has 26 nitrogen and oxygen atoms in total. The number of nitro groups is 2. The van der Waals surface area contributed by atoms with Gasteiger partial charge in [0, 0.05) is 35.2 Å². The van der Waals surface area contributed by atoms with Crippen LogP contribution in [0.5, 0.6) is 11.5 Å². The molecule has 0 atom stereocenters. The van der Waals surface area contributed by atoms with E-state index in [4.69, 9.17) is 55.5 Å². The number of aliphatic hydroxyl groups is 2. The van der Waals surface area contributed by atoms with Crippen LogP contribution in [0.25, 0.3) is 0 Å². The van der Waals surface area contributed by atoms with E-state index in [0.717, 1.165) is 28.9 Å². The minimum Gasteiger partial charge on any atom is -0.497 e. The molecule has 0 bridgehead atoms. The predicted octanol–water partition coefficient (Wildman–Crippen LogP) is 5.21. The molecule has 0 spiro atoms. The SMILES string of the molecule is C.CCOC(=O)N(Cc1cccc(OC)c1)c1nc(NCCCCO)nc(N)c1[N+](=O)[O-].CCOC(=O)N(Cc1cccc(OC)c1)c1nc(S(C)(=O)=O)nc(N)c1[N+](=O)[O-].F.FF.NCCCCO. The normalized spacial score (nSPS) is 10.0. The van der Waals surface area contributed by atoms with Crippen LogP contribution in [-0.2, 0) is 32.4 Å². The molecule has 2 heterocycles. The van der Waals surface area contributed by atoms with E-state index in [1.807, 2.05) is 0 Å². The van der Waals surface area contributed by atoms with Crippen molar-refractivity contribution in [3.05, 3.63) is 79.9 Å². The van der Waals surface area contributed by atoms with Gasteiger partial charge < -0.3 is 51.7 Å². The molecule has 2 amide bonds. The molecule has 9 N–H and O–H groups in total. The fourth-order valence-corrected chi connectivity index (χ4v) is 5.84. The van der Waals surface area contributed by atoms with Crippen molar-refractivity contribution in [3.63, 3.8) is 0 Å². The van der Waals surface area contributed by atoms with Crippen molar-refractivity contribution in [1.29, 1.82) is 0 Å². The quantitative estimate of drug-likeness (QED) is 0.0270. The van der Waals surface area contributed by atoms with E-state index in [-0.39, 0.29) is 69.2 Å². The number of benzene rings is 2. The third-order valence-corrected chi connectivity index (χ3v) is 9.22. The standard InChI is InChI=1S/C19H26N6O6.C16H19N5O7S.C4H11NO.CH4.F2.FH/c1-3-31-19(27)24(12-13-7-6-8-14(11-13)30-2)17-15(25(28)29)16(20)22-18(23-17)21-9-4-5-10-26;1-4-28-16(22)20(9-10-6-5-7-11(8-10)27-2)14-12(21(23)24)13(17)18-15(19-14)29(3,25)26;5-3-1-2-4-6;;1-2;/h6-8,11,26H,3-5,9-10,12H2,1-2H3,(H3,20,21,22,23);5-8H,4,9H2,1-3H3,(H2,17,18,19);6H,1-5H2;1H4;;1H. The van der Waals surface area contributed by atoms with Crippen molar-refractivity contribution < 1.29 is 70.9 Å². The summed E-state index contributed by atoms with van der Waals surface area (Å²) >= 11 is 0. The summed E-state index contributed by atoms with van der Waals surface area (Å²) in [6.45, 7) is 4.32. The van der Waals surface area contributed by atoms with Crippen LogP contribution in [0.3, 0.4) is 0 Å². The summed E-state index contributed by atoms with van der Waals surface area (Å²) < 4.78 is 60.1. The third-order valence-electron chi connectivity index (χ3n) is 8.38. The number of carbonyl (C=O) groups is 2. The fourth-order valence-electron chi connectivity index (χ4n) is 5.33. The lowest BCUT2D eigenvalue weighted by molar-refractivity contribution is -0.383. The maximum absolute atomic E-state index is 12.7. The summed E-state index contributed by atoms with van der Waals surface area (Å²) in [5.74, 6) is -0.896. The van der Waals surface area contributed by atoms with Crippen LogP contribution >= 0.6 is 0 Å². The summed E-state index contributed by atoms with van der Waals surface area (Å²) in [6, 6.07) is 13.5. The minimum atomic E-state index is -3.97. The van der Waals surface area contributed by atoms with Crippen molar-refractivity contribution in [3.8, 4) is 11.5 Å². The Bertz CT molecular complexity index is 2360. The zero-order valence-corrected chi connectivity index (χ0v) is 39.1. The van der Waals surface area contributed by atoms with Crippen LogP contribution in [0.2, 0.25) is 0 Å². The van der Waals surface area contributed by atoms with Crippen LogP contribution in [0.1, 0.15) is 58.1 Å². The summed E-state index contributed by atoms with van der Waals surface area (Å²) in [7, 11) is -1.01. The second kappa shape index (κ2) is 33.9. The molecular weight excluding hydrogens is 962 g/mol. The molecule has 2 aromatic carbocycles. The average molecular weight is 1020 g/mol. The van der Waals surface area contributed by atoms with Gasteiger partial charge >= 0.3 is 23.6 Å². The number of carbonyl (C=O) groups excluding carboxylic acids is 2. The summed E-state index contributed by atoms with van der Waals surface area (Å²) in [6.07, 6.45) is 1.99. The third kappa shape index (κ3) is 20.8. The van der Waals surface area contributed by atoms with E-state index in [0.29, 0.717) is 48.6 Å². The molecule has 0 aliphatic heterocycles. The Morgan fingerprint density at radius 3 is 1.56 bits per heavy atom. The van der Waals surface area contributed by atoms with Gasteiger partial charge in [0.1, 0.15) is 11.5 Å². The van der Waals surface area contributed by atoms with Crippen molar-refractivity contribution in [2.75, 3.05) is 86.6 Å². The molecule has 0 unspecified atom stereocenters. The Morgan fingerprint density at radius 2 is 1.19 bits per heavy atom. The number of nitrogen functional groups attached to an aromatic ring is 2. The Morgan fingerprint density at radius 1 is 0.757 bits per heavy atom. The molecule has 0 saturated carbocycles. The molecule has 0 fully saturated rings. The molecule has 0 radical (unpaired) electrons. The monoisotopic (exact) mass is 1020 g/mol. The van der Waals surface area contributed by atoms with Crippen molar-refractivity contribution in [2.45, 2.75) is 65.2 Å². The van der Waals surface area contributed by atoms with Gasteiger partial charge in [0.15, 0.2) is 0 Å². The van der Waals surface area contributed by atoms with Gasteiger partial charge in [-0.3, -0.25) is 34.7 Å². The number of amides is 2. The number of ether oxygens (including phenoxy) is 4. The van der Waals surface area contributed by atoms with Crippen LogP contribution in [-0.4, -0.2) is 121 Å². The van der Waals surface area contributed by atoms with E-state index >= 15 is 0 Å². The Kier molecular flexibility index (Phi) is 31.3. The maximum Gasteiger partial charge on any atom is 0.415 e. The van der Waals surface area contributed by atoms with E-state index in [1.165, 1.54) is 14.2 Å². The van der Waals surface area contributed by atoms with Gasteiger partial charge in [0.05, 0.1) is 50.4 Å². The number of aromatic nitrogens is 4. The molecule has 4 rings (SSSR count). The van der Waals surface area contributed by atoms with Crippen LogP contribution in [0.15, 0.2) is 53.7 Å². The van der Waals surface area contributed by atoms with Gasteiger partial charge in [-0.1, -0.05) is 31.7 Å². The molecule has 70 heavy (non-hydrogen) atoms. The van der Waals surface area contributed by atoms with E-state index in [2.05, 4.69) is 25.3 Å². The van der Waals surface area contributed by atoms with E-state index in [1.54, 1.807) is 62.4 Å². The number of unbranched alkanes of at least 4 members (excludes halogenated alkanes) is 2. The highest BCUT2D eigenvalue weighted by atomic mass is 32.2. The number of hydrogen-bond acceptors (Lipinski definition) is 22. The van der Waals surface area contributed by atoms with Crippen molar-refractivity contribution >= 4 is 62.6 Å². The van der Waals surface area contributed by atoms with Crippen LogP contribution < -0.4 is 41.8 Å². The number of halogens is 3. The number of sulfone groups is 1. The first-order valence-corrected chi connectivity index (χ1v) is 22.1. The van der Waals surface area contributed by atoms with E-state index < -0.39 is 60.0 Å². The number of nitrogens with zero attached hydrogens (tertiary/aromatic N) is 8. The summed E-state index contributed by atoms with van der Waals surface area (Å²) in [4.78, 5) is 64.0. The fraction of sp³-hybridized carbons (Fsp3) is 0.450. The van der Waals surface area contributed by atoms with Crippen molar-refractivity contribution in [1.82, 2.24) is 19.9 Å². The zero-order chi connectivity index (χ0) is 51.4. The predicted molar refractivity (Wildman–Crippen MR) is 253 cm³/mol. The number of rotatable bonds is 21. The second-order valence-corrected chi connectivity index (χ2v) is 15.2. The topological polar surface area (TPSA) is 380 Å². The molecule has 392 valence electrons. The van der Waals surface area contributed by atoms with Crippen LogP contribution in [0, 0.1) is 20.2 Å². The number of aliphatic hydroxyl groups excluding tert-OH is 2. The van der Waals surface area contributed by atoms with E-state index in [9.17, 15) is 38.2 Å². The van der Waals surface area contributed by atoms with Gasteiger partial charge in [-0.25, -0.2) is 18.0 Å². The van der Waals surface area contributed by atoms with Gasteiger partial charge in [0.2, 0.25) is 39.1 Å². The molecule has 0 aliphatic rings. The highest BCUT2D eigenvalue weighted by Gasteiger charge is 2.34. The molecule has 0 saturated heterocycles. The maximum atomic E-state index is 12.7. The lowest BCUT2D eigenvalue weighted by atomic mass is 10.2. The Balaban J connectivity index is 0.